The van der Waals surface area contributed by atoms with E-state index in [1.165, 1.54) is 12.1 Å². The SMILES string of the molecule is Cc1ccc([N+](=O)[O-])cc1NC(=O)CCN1CCC(N2CCn3ccnc3C2)CC1. The van der Waals surface area contributed by atoms with Gasteiger partial charge in [0.25, 0.3) is 5.69 Å². The Bertz CT molecular complexity index is 919. The molecule has 2 aliphatic heterocycles. The first-order chi connectivity index (χ1) is 14.5. The average Bonchev–Trinajstić information content (AvgIpc) is 3.22. The Balaban J connectivity index is 1.22. The van der Waals surface area contributed by atoms with E-state index in [2.05, 4.69) is 30.9 Å². The number of imidazole rings is 1. The van der Waals surface area contributed by atoms with Gasteiger partial charge in [0, 0.05) is 56.6 Å². The minimum Gasteiger partial charge on any atom is -0.333 e. The number of aryl methyl sites for hydroxylation is 1. The van der Waals surface area contributed by atoms with E-state index >= 15 is 0 Å². The Morgan fingerprint density at radius 3 is 2.83 bits per heavy atom. The van der Waals surface area contributed by atoms with Gasteiger partial charge in [0.1, 0.15) is 5.82 Å². The second-order valence-corrected chi connectivity index (χ2v) is 8.13. The van der Waals surface area contributed by atoms with Crippen LogP contribution in [0.1, 0.15) is 30.7 Å². The molecule has 1 saturated heterocycles. The van der Waals surface area contributed by atoms with Crippen LogP contribution in [0.25, 0.3) is 0 Å². The van der Waals surface area contributed by atoms with Crippen molar-refractivity contribution in [2.45, 2.75) is 45.3 Å². The van der Waals surface area contributed by atoms with Gasteiger partial charge in [0.05, 0.1) is 17.2 Å². The third-order valence-corrected chi connectivity index (χ3v) is 6.21. The molecule has 1 aromatic heterocycles. The summed E-state index contributed by atoms with van der Waals surface area (Å²) in [5, 5.41) is 13.8. The van der Waals surface area contributed by atoms with E-state index in [0.717, 1.165) is 57.0 Å². The zero-order chi connectivity index (χ0) is 21.1. The fourth-order valence-corrected chi connectivity index (χ4v) is 4.34. The van der Waals surface area contributed by atoms with Crippen molar-refractivity contribution in [1.29, 1.82) is 0 Å². The number of carbonyl (C=O) groups excluding carboxylic acids is 1. The molecule has 2 aliphatic rings. The molecule has 1 N–H and O–H groups in total. The molecule has 0 unspecified atom stereocenters. The maximum atomic E-state index is 12.4. The molecule has 9 heteroatoms. The minimum atomic E-state index is -0.449. The summed E-state index contributed by atoms with van der Waals surface area (Å²) in [5.41, 5.74) is 1.31. The number of piperidine rings is 1. The number of nitro benzene ring substituents is 1. The highest BCUT2D eigenvalue weighted by Gasteiger charge is 2.27. The Labute approximate surface area is 175 Å². The largest absolute Gasteiger partial charge is 0.333 e. The first-order valence-electron chi connectivity index (χ1n) is 10.5. The van der Waals surface area contributed by atoms with Crippen LogP contribution in [0.2, 0.25) is 0 Å². The smallest absolute Gasteiger partial charge is 0.271 e. The summed E-state index contributed by atoms with van der Waals surface area (Å²) >= 11 is 0. The van der Waals surface area contributed by atoms with Gasteiger partial charge >= 0.3 is 0 Å². The molecule has 0 atom stereocenters. The minimum absolute atomic E-state index is 0.0156. The molecular formula is C21H28N6O3. The number of aromatic nitrogens is 2. The van der Waals surface area contributed by atoms with E-state index in [4.69, 9.17) is 0 Å². The highest BCUT2D eigenvalue weighted by atomic mass is 16.6. The zero-order valence-corrected chi connectivity index (χ0v) is 17.3. The molecule has 0 radical (unpaired) electrons. The highest BCUT2D eigenvalue weighted by molar-refractivity contribution is 5.92. The van der Waals surface area contributed by atoms with Crippen LogP contribution >= 0.6 is 0 Å². The van der Waals surface area contributed by atoms with E-state index in [1.807, 2.05) is 13.1 Å². The number of anilines is 1. The number of nitrogens with one attached hydrogen (secondary N) is 1. The predicted molar refractivity (Wildman–Crippen MR) is 113 cm³/mol. The molecule has 30 heavy (non-hydrogen) atoms. The van der Waals surface area contributed by atoms with Crippen molar-refractivity contribution >= 4 is 17.3 Å². The molecule has 1 amide bonds. The van der Waals surface area contributed by atoms with Crippen molar-refractivity contribution in [2.24, 2.45) is 0 Å². The fraction of sp³-hybridized carbons (Fsp3) is 0.524. The van der Waals surface area contributed by atoms with Gasteiger partial charge in [-0.25, -0.2) is 4.98 Å². The van der Waals surface area contributed by atoms with Gasteiger partial charge < -0.3 is 14.8 Å². The predicted octanol–water partition coefficient (Wildman–Crippen LogP) is 2.41. The summed E-state index contributed by atoms with van der Waals surface area (Å²) < 4.78 is 2.23. The van der Waals surface area contributed by atoms with E-state index in [9.17, 15) is 14.9 Å². The quantitative estimate of drug-likeness (QED) is 0.578. The molecule has 1 aromatic carbocycles. The monoisotopic (exact) mass is 412 g/mol. The number of fused-ring (bicyclic) bond motifs is 1. The first kappa shape index (κ1) is 20.5. The highest BCUT2D eigenvalue weighted by Crippen LogP contribution is 2.23. The van der Waals surface area contributed by atoms with Gasteiger partial charge in [0.2, 0.25) is 5.91 Å². The Morgan fingerprint density at radius 1 is 1.27 bits per heavy atom. The van der Waals surface area contributed by atoms with Crippen molar-refractivity contribution in [2.75, 3.05) is 31.5 Å². The van der Waals surface area contributed by atoms with E-state index < -0.39 is 4.92 Å². The van der Waals surface area contributed by atoms with Crippen LogP contribution in [0.4, 0.5) is 11.4 Å². The maximum absolute atomic E-state index is 12.4. The number of nitrogens with zero attached hydrogens (tertiary/aromatic N) is 5. The van der Waals surface area contributed by atoms with Crippen LogP contribution in [0.5, 0.6) is 0 Å². The lowest BCUT2D eigenvalue weighted by Crippen LogP contribution is -2.47. The van der Waals surface area contributed by atoms with Gasteiger partial charge in [-0.1, -0.05) is 6.07 Å². The molecule has 160 valence electrons. The Kier molecular flexibility index (Phi) is 6.10. The normalized spacial score (nSPS) is 18.2. The van der Waals surface area contributed by atoms with Gasteiger partial charge in [0.15, 0.2) is 0 Å². The maximum Gasteiger partial charge on any atom is 0.271 e. The second kappa shape index (κ2) is 8.93. The van der Waals surface area contributed by atoms with Crippen molar-refractivity contribution in [3.63, 3.8) is 0 Å². The Morgan fingerprint density at radius 2 is 2.07 bits per heavy atom. The average molecular weight is 412 g/mol. The van der Waals surface area contributed by atoms with E-state index in [-0.39, 0.29) is 11.6 Å². The zero-order valence-electron chi connectivity index (χ0n) is 17.3. The van der Waals surface area contributed by atoms with Crippen LogP contribution in [-0.2, 0) is 17.9 Å². The molecule has 3 heterocycles. The van der Waals surface area contributed by atoms with Crippen molar-refractivity contribution in [1.82, 2.24) is 19.4 Å². The van der Waals surface area contributed by atoms with Gasteiger partial charge in [-0.05, 0) is 38.4 Å². The fourth-order valence-electron chi connectivity index (χ4n) is 4.34. The molecule has 0 saturated carbocycles. The number of nitro groups is 1. The number of hydrogen-bond acceptors (Lipinski definition) is 6. The lowest BCUT2D eigenvalue weighted by Gasteiger charge is -2.40. The van der Waals surface area contributed by atoms with Crippen molar-refractivity contribution in [3.8, 4) is 0 Å². The number of rotatable bonds is 6. The molecule has 1 fully saturated rings. The molecule has 0 bridgehead atoms. The lowest BCUT2D eigenvalue weighted by atomic mass is 10.0. The van der Waals surface area contributed by atoms with Crippen molar-refractivity contribution in [3.05, 3.63) is 52.1 Å². The van der Waals surface area contributed by atoms with Crippen LogP contribution in [0, 0.1) is 17.0 Å². The van der Waals surface area contributed by atoms with E-state index in [0.29, 0.717) is 24.7 Å². The Hall–Kier alpha value is -2.78. The number of hydrogen-bond donors (Lipinski definition) is 1. The summed E-state index contributed by atoms with van der Waals surface area (Å²) in [6.07, 6.45) is 6.52. The third kappa shape index (κ3) is 4.68. The number of benzene rings is 1. The molecule has 4 rings (SSSR count). The van der Waals surface area contributed by atoms with Gasteiger partial charge in [-0.3, -0.25) is 19.8 Å². The topological polar surface area (TPSA) is 96.5 Å². The first-order valence-corrected chi connectivity index (χ1v) is 10.5. The second-order valence-electron chi connectivity index (χ2n) is 8.13. The standard InChI is InChI=1S/C21H28N6O3/c1-16-2-3-18(27(29)30)14-19(16)23-21(28)6-10-24-8-4-17(5-9-24)26-13-12-25-11-7-22-20(25)15-26/h2-3,7,11,14,17H,4-6,8-10,12-13,15H2,1H3,(H,23,28). The van der Waals surface area contributed by atoms with Crippen LogP contribution in [0.15, 0.2) is 30.6 Å². The number of amides is 1. The van der Waals surface area contributed by atoms with Crippen LogP contribution in [-0.4, -0.2) is 62.4 Å². The summed E-state index contributed by atoms with van der Waals surface area (Å²) in [5.74, 6) is 1.04. The molecule has 2 aromatic rings. The summed E-state index contributed by atoms with van der Waals surface area (Å²) in [7, 11) is 0. The van der Waals surface area contributed by atoms with Crippen molar-refractivity contribution < 1.29 is 9.72 Å². The third-order valence-electron chi connectivity index (χ3n) is 6.21. The summed E-state index contributed by atoms with van der Waals surface area (Å²) in [4.78, 5) is 32.2. The molecule has 0 spiro atoms. The summed E-state index contributed by atoms with van der Waals surface area (Å²) in [6, 6.07) is 5.10. The number of carbonyl (C=O) groups is 1. The molecule has 0 aliphatic carbocycles. The number of non-ortho nitro benzene ring substituents is 1. The van der Waals surface area contributed by atoms with Crippen LogP contribution in [0.3, 0.4) is 0 Å². The van der Waals surface area contributed by atoms with E-state index in [1.54, 1.807) is 6.07 Å². The summed E-state index contributed by atoms with van der Waals surface area (Å²) in [6.45, 7) is 7.50. The van der Waals surface area contributed by atoms with Gasteiger partial charge in [-0.2, -0.15) is 0 Å². The van der Waals surface area contributed by atoms with Gasteiger partial charge in [-0.15, -0.1) is 0 Å². The lowest BCUT2D eigenvalue weighted by molar-refractivity contribution is -0.384. The number of likely N-dealkylation sites (tertiary alicyclic amines) is 1. The molecule has 9 nitrogen and oxygen atoms in total. The molecular weight excluding hydrogens is 384 g/mol. The van der Waals surface area contributed by atoms with Crippen LogP contribution < -0.4 is 5.32 Å².